The topological polar surface area (TPSA) is 17.8 Å². The van der Waals surface area contributed by atoms with Crippen molar-refractivity contribution in [1.29, 1.82) is 0 Å². The van der Waals surface area contributed by atoms with Crippen molar-refractivity contribution in [2.45, 2.75) is 12.8 Å². The quantitative estimate of drug-likeness (QED) is 0.803. The number of benzene rings is 1. The van der Waals surface area contributed by atoms with Crippen LogP contribution in [0.5, 0.6) is 0 Å². The predicted octanol–water partition coefficient (Wildman–Crippen LogP) is 4.60. The highest BCUT2D eigenvalue weighted by atomic mass is 35.5. The molecule has 0 spiro atoms. The molecule has 1 aliphatic carbocycles. The highest BCUT2D eigenvalue weighted by Gasteiger charge is 2.28. The lowest BCUT2D eigenvalue weighted by molar-refractivity contribution is 1.10. The second-order valence-corrected chi connectivity index (χ2v) is 5.34. The molecule has 0 N–H and O–H groups in total. The predicted molar refractivity (Wildman–Crippen MR) is 75.6 cm³/mol. The van der Waals surface area contributed by atoms with Gasteiger partial charge in [0.1, 0.15) is 0 Å². The molecule has 1 aromatic heterocycles. The molecule has 0 aliphatic heterocycles. The molecule has 18 heavy (non-hydrogen) atoms. The van der Waals surface area contributed by atoms with Crippen molar-refractivity contribution >= 4 is 35.0 Å². The number of allylic oxidation sites excluding steroid dienone is 1. The van der Waals surface area contributed by atoms with Gasteiger partial charge in [-0.2, -0.15) is 0 Å². The molecule has 1 aliphatic rings. The zero-order chi connectivity index (χ0) is 12.5. The summed E-state index contributed by atoms with van der Waals surface area (Å²) in [5.41, 5.74) is 2.33. The van der Waals surface area contributed by atoms with Crippen LogP contribution in [0.1, 0.15) is 18.4 Å². The Balaban J connectivity index is 2.04. The van der Waals surface area contributed by atoms with E-state index in [1.807, 2.05) is 22.9 Å². The maximum Gasteiger partial charge on any atom is 0.0986 e. The zero-order valence-corrected chi connectivity index (χ0v) is 11.2. The minimum Gasteiger partial charge on any atom is -0.313 e. The van der Waals surface area contributed by atoms with E-state index in [-0.39, 0.29) is 0 Å². The van der Waals surface area contributed by atoms with Gasteiger partial charge >= 0.3 is 0 Å². The monoisotopic (exact) mass is 278 g/mol. The third-order valence-electron chi connectivity index (χ3n) is 3.07. The van der Waals surface area contributed by atoms with Crippen LogP contribution in [0.15, 0.2) is 36.9 Å². The molecule has 0 unspecified atom stereocenters. The van der Waals surface area contributed by atoms with Crippen molar-refractivity contribution in [3.05, 3.63) is 52.5 Å². The molecule has 1 fully saturated rings. The average molecular weight is 279 g/mol. The lowest BCUT2D eigenvalue weighted by Gasteiger charge is -2.09. The van der Waals surface area contributed by atoms with Crippen molar-refractivity contribution < 1.29 is 0 Å². The molecular formula is C14H12Cl2N2. The lowest BCUT2D eigenvalue weighted by atomic mass is 10.0. The van der Waals surface area contributed by atoms with E-state index in [1.165, 1.54) is 18.4 Å². The number of rotatable bonds is 3. The molecule has 0 atom stereocenters. The van der Waals surface area contributed by atoms with E-state index in [9.17, 15) is 0 Å². The smallest absolute Gasteiger partial charge is 0.0986 e. The van der Waals surface area contributed by atoms with Crippen molar-refractivity contribution in [2.75, 3.05) is 0 Å². The molecule has 0 radical (unpaired) electrons. The van der Waals surface area contributed by atoms with Crippen molar-refractivity contribution in [2.24, 2.45) is 5.92 Å². The maximum absolute atomic E-state index is 6.29. The van der Waals surface area contributed by atoms with Gasteiger partial charge in [-0.05, 0) is 42.0 Å². The second-order valence-electron chi connectivity index (χ2n) is 4.49. The summed E-state index contributed by atoms with van der Waals surface area (Å²) in [5, 5.41) is 1.38. The van der Waals surface area contributed by atoms with Gasteiger partial charge in [0.15, 0.2) is 0 Å². The first-order valence-corrected chi connectivity index (χ1v) is 6.64. The Morgan fingerprint density at radius 1 is 1.33 bits per heavy atom. The Kier molecular flexibility index (Phi) is 3.14. The summed E-state index contributed by atoms with van der Waals surface area (Å²) < 4.78 is 1.96. The molecule has 92 valence electrons. The van der Waals surface area contributed by atoms with Crippen molar-refractivity contribution in [3.8, 4) is 0 Å². The lowest BCUT2D eigenvalue weighted by Crippen LogP contribution is -1.92. The van der Waals surface area contributed by atoms with E-state index < -0.39 is 0 Å². The van der Waals surface area contributed by atoms with E-state index in [1.54, 1.807) is 18.6 Å². The van der Waals surface area contributed by atoms with Crippen LogP contribution in [0.25, 0.3) is 11.8 Å². The summed E-state index contributed by atoms with van der Waals surface area (Å²) in [5.74, 6) is 0.603. The standard InChI is InChI=1S/C14H12Cl2N2/c15-11-3-4-12(14(16)7-11)13(10-1-2-10)8-18-6-5-17-9-18/h3-10H,1-2H2. The molecular weight excluding hydrogens is 267 g/mol. The minimum absolute atomic E-state index is 0.603. The summed E-state index contributed by atoms with van der Waals surface area (Å²) in [6.07, 6.45) is 10.0. The summed E-state index contributed by atoms with van der Waals surface area (Å²) >= 11 is 12.2. The molecule has 3 rings (SSSR count). The van der Waals surface area contributed by atoms with Gasteiger partial charge < -0.3 is 4.57 Å². The van der Waals surface area contributed by atoms with Gasteiger partial charge in [0.25, 0.3) is 0 Å². The highest BCUT2D eigenvalue weighted by molar-refractivity contribution is 6.35. The Bertz CT molecular complexity index is 584. The first kappa shape index (κ1) is 11.8. The number of halogens is 2. The van der Waals surface area contributed by atoms with Gasteiger partial charge in [-0.3, -0.25) is 0 Å². The summed E-state index contributed by atoms with van der Waals surface area (Å²) in [6.45, 7) is 0. The molecule has 1 aromatic carbocycles. The van der Waals surface area contributed by atoms with Crippen LogP contribution >= 0.6 is 23.2 Å². The molecule has 0 bridgehead atoms. The Labute approximate surface area is 116 Å². The first-order valence-electron chi connectivity index (χ1n) is 5.88. The SMILES string of the molecule is Clc1ccc(C(=Cn2ccnc2)C2CC2)c(Cl)c1. The molecule has 1 saturated carbocycles. The fraction of sp³-hybridized carbons (Fsp3) is 0.214. The number of imidazole rings is 1. The Morgan fingerprint density at radius 2 is 2.17 bits per heavy atom. The van der Waals surface area contributed by atoms with Gasteiger partial charge in [-0.15, -0.1) is 0 Å². The van der Waals surface area contributed by atoms with E-state index >= 15 is 0 Å². The zero-order valence-electron chi connectivity index (χ0n) is 9.68. The molecule has 4 heteroatoms. The summed E-state index contributed by atoms with van der Waals surface area (Å²) in [7, 11) is 0. The molecule has 2 nitrogen and oxygen atoms in total. The number of nitrogens with zero attached hydrogens (tertiary/aromatic N) is 2. The van der Waals surface area contributed by atoms with Gasteiger partial charge in [0.2, 0.25) is 0 Å². The summed E-state index contributed by atoms with van der Waals surface area (Å²) in [4.78, 5) is 4.05. The third-order valence-corrected chi connectivity index (χ3v) is 3.62. The Hall–Kier alpha value is -1.25. The van der Waals surface area contributed by atoms with Crippen molar-refractivity contribution in [3.63, 3.8) is 0 Å². The highest BCUT2D eigenvalue weighted by Crippen LogP contribution is 2.44. The first-order chi connectivity index (χ1) is 8.74. The van der Waals surface area contributed by atoms with Crippen LogP contribution in [0.3, 0.4) is 0 Å². The maximum atomic E-state index is 6.29. The van der Waals surface area contributed by atoms with E-state index in [2.05, 4.69) is 11.2 Å². The number of aromatic nitrogens is 2. The second kappa shape index (κ2) is 4.79. The minimum atomic E-state index is 0.603. The van der Waals surface area contributed by atoms with Crippen molar-refractivity contribution in [1.82, 2.24) is 9.55 Å². The van der Waals surface area contributed by atoms with Crippen LogP contribution in [0.2, 0.25) is 10.0 Å². The Morgan fingerprint density at radius 3 is 2.78 bits per heavy atom. The molecule has 1 heterocycles. The molecule has 2 aromatic rings. The van der Waals surface area contributed by atoms with E-state index in [0.717, 1.165) is 5.56 Å². The van der Waals surface area contributed by atoms with Crippen LogP contribution in [-0.4, -0.2) is 9.55 Å². The van der Waals surface area contributed by atoms with Gasteiger partial charge in [-0.1, -0.05) is 29.3 Å². The fourth-order valence-electron chi connectivity index (χ4n) is 2.02. The number of hydrogen-bond donors (Lipinski definition) is 0. The largest absolute Gasteiger partial charge is 0.313 e. The van der Waals surface area contributed by atoms with Crippen LogP contribution in [0.4, 0.5) is 0 Å². The van der Waals surface area contributed by atoms with Gasteiger partial charge in [0, 0.05) is 28.6 Å². The third kappa shape index (κ3) is 2.45. The normalized spacial score (nSPS) is 16.0. The van der Waals surface area contributed by atoms with E-state index in [4.69, 9.17) is 23.2 Å². The summed E-state index contributed by atoms with van der Waals surface area (Å²) in [6, 6.07) is 5.67. The van der Waals surface area contributed by atoms with Gasteiger partial charge in [-0.25, -0.2) is 4.98 Å². The van der Waals surface area contributed by atoms with Gasteiger partial charge in [0.05, 0.1) is 6.33 Å². The van der Waals surface area contributed by atoms with Crippen LogP contribution in [-0.2, 0) is 0 Å². The van der Waals surface area contributed by atoms with E-state index in [0.29, 0.717) is 16.0 Å². The molecule has 0 amide bonds. The van der Waals surface area contributed by atoms with Crippen LogP contribution < -0.4 is 0 Å². The van der Waals surface area contributed by atoms with Crippen LogP contribution in [0, 0.1) is 5.92 Å². The average Bonchev–Trinajstić information content (AvgIpc) is 3.05. The fourth-order valence-corrected chi connectivity index (χ4v) is 2.54. The molecule has 0 saturated heterocycles. The number of hydrogen-bond acceptors (Lipinski definition) is 1.